The van der Waals surface area contributed by atoms with Gasteiger partial charge in [0.05, 0.1) is 17.4 Å². The van der Waals surface area contributed by atoms with Crippen LogP contribution >= 0.6 is 31.9 Å². The Morgan fingerprint density at radius 1 is 1.30 bits per heavy atom. The number of benzene rings is 1. The number of hydrogen-bond acceptors (Lipinski definition) is 4. The Balaban J connectivity index is 2.36. The van der Waals surface area contributed by atoms with Gasteiger partial charge in [-0.1, -0.05) is 15.9 Å². The average molecular weight is 405 g/mol. The molecule has 0 aliphatic carbocycles. The standard InChI is InChI=1S/C13H11Br2NO4/c1-6(2)20-10(17)5-16-11-8(12(18)13(16)19)3-7(14)4-9(11)15/h3-4,6H,5H2,1-2H3. The molecule has 0 aromatic heterocycles. The second-order valence-electron chi connectivity index (χ2n) is 4.54. The molecule has 20 heavy (non-hydrogen) atoms. The number of ketones is 1. The molecule has 0 N–H and O–H groups in total. The lowest BCUT2D eigenvalue weighted by atomic mass is 10.1. The van der Waals surface area contributed by atoms with Crippen molar-refractivity contribution in [2.45, 2.75) is 20.0 Å². The van der Waals surface area contributed by atoms with Gasteiger partial charge < -0.3 is 4.74 Å². The first-order chi connectivity index (χ1) is 9.31. The lowest BCUT2D eigenvalue weighted by Gasteiger charge is -2.18. The summed E-state index contributed by atoms with van der Waals surface area (Å²) >= 11 is 6.57. The number of carbonyl (C=O) groups excluding carboxylic acids is 3. The van der Waals surface area contributed by atoms with Crippen molar-refractivity contribution in [1.82, 2.24) is 0 Å². The molecule has 1 amide bonds. The Kier molecular flexibility index (Phi) is 4.29. The number of carbonyl (C=O) groups is 3. The van der Waals surface area contributed by atoms with E-state index in [9.17, 15) is 14.4 Å². The fourth-order valence-corrected chi connectivity index (χ4v) is 3.37. The van der Waals surface area contributed by atoms with E-state index in [0.29, 0.717) is 14.6 Å². The molecule has 106 valence electrons. The molecule has 1 heterocycles. The number of hydrogen-bond donors (Lipinski definition) is 0. The molecule has 1 aromatic carbocycles. The number of nitrogens with zero attached hydrogens (tertiary/aromatic N) is 1. The summed E-state index contributed by atoms with van der Waals surface area (Å²) in [6, 6.07) is 3.28. The highest BCUT2D eigenvalue weighted by Crippen LogP contribution is 2.38. The maximum Gasteiger partial charge on any atom is 0.326 e. The lowest BCUT2D eigenvalue weighted by molar-refractivity contribution is -0.146. The fourth-order valence-electron chi connectivity index (χ4n) is 1.93. The van der Waals surface area contributed by atoms with Crippen LogP contribution in [0.5, 0.6) is 0 Å². The number of ether oxygens (including phenoxy) is 1. The molecular weight excluding hydrogens is 394 g/mol. The third kappa shape index (κ3) is 2.78. The number of halogens is 2. The molecular formula is C13H11Br2NO4. The van der Waals surface area contributed by atoms with E-state index in [1.807, 2.05) is 0 Å². The Labute approximate surface area is 132 Å². The maximum atomic E-state index is 12.0. The second kappa shape index (κ2) is 5.65. The van der Waals surface area contributed by atoms with Gasteiger partial charge in [-0.25, -0.2) is 0 Å². The molecule has 1 aliphatic rings. The topological polar surface area (TPSA) is 63.7 Å². The summed E-state index contributed by atoms with van der Waals surface area (Å²) in [7, 11) is 0. The van der Waals surface area contributed by atoms with E-state index in [1.54, 1.807) is 26.0 Å². The van der Waals surface area contributed by atoms with Crippen LogP contribution in [-0.2, 0) is 14.3 Å². The fraction of sp³-hybridized carbons (Fsp3) is 0.308. The Morgan fingerprint density at radius 3 is 2.55 bits per heavy atom. The summed E-state index contributed by atoms with van der Waals surface area (Å²) < 4.78 is 6.25. The summed E-state index contributed by atoms with van der Waals surface area (Å²) in [5.41, 5.74) is 0.678. The van der Waals surface area contributed by atoms with E-state index in [1.165, 1.54) is 0 Å². The van der Waals surface area contributed by atoms with Gasteiger partial charge in [-0.15, -0.1) is 0 Å². The van der Waals surface area contributed by atoms with Crippen LogP contribution in [0.15, 0.2) is 21.1 Å². The third-order valence-electron chi connectivity index (χ3n) is 2.64. The van der Waals surface area contributed by atoms with Crippen molar-refractivity contribution in [3.05, 3.63) is 26.6 Å². The predicted octanol–water partition coefficient (Wildman–Crippen LogP) is 2.69. The smallest absolute Gasteiger partial charge is 0.326 e. The molecule has 0 saturated heterocycles. The summed E-state index contributed by atoms with van der Waals surface area (Å²) in [4.78, 5) is 36.7. The van der Waals surface area contributed by atoms with Crippen LogP contribution in [0.2, 0.25) is 0 Å². The number of fused-ring (bicyclic) bond motifs is 1. The zero-order chi connectivity index (χ0) is 15.0. The normalized spacial score (nSPS) is 13.9. The van der Waals surface area contributed by atoms with Gasteiger partial charge in [0.2, 0.25) is 0 Å². The van der Waals surface area contributed by atoms with Gasteiger partial charge in [-0.05, 0) is 41.9 Å². The monoisotopic (exact) mass is 403 g/mol. The number of anilines is 1. The number of Topliss-reactive ketones (excluding diaryl/α,β-unsaturated/α-hetero) is 1. The van der Waals surface area contributed by atoms with Gasteiger partial charge in [-0.2, -0.15) is 0 Å². The number of esters is 1. The summed E-state index contributed by atoms with van der Waals surface area (Å²) in [6.45, 7) is 3.15. The van der Waals surface area contributed by atoms with Gasteiger partial charge in [0.1, 0.15) is 6.54 Å². The highest BCUT2D eigenvalue weighted by Gasteiger charge is 2.39. The predicted molar refractivity (Wildman–Crippen MR) is 79.8 cm³/mol. The Hall–Kier alpha value is -1.21. The minimum Gasteiger partial charge on any atom is -0.462 e. The quantitative estimate of drug-likeness (QED) is 0.573. The largest absolute Gasteiger partial charge is 0.462 e. The number of rotatable bonds is 3. The second-order valence-corrected chi connectivity index (χ2v) is 6.31. The first-order valence-electron chi connectivity index (χ1n) is 5.86. The molecule has 5 nitrogen and oxygen atoms in total. The van der Waals surface area contributed by atoms with Crippen LogP contribution < -0.4 is 4.90 Å². The zero-order valence-electron chi connectivity index (χ0n) is 10.8. The molecule has 0 fully saturated rings. The molecule has 0 atom stereocenters. The molecule has 0 spiro atoms. The van der Waals surface area contributed by atoms with Crippen LogP contribution in [0.3, 0.4) is 0 Å². The molecule has 0 unspecified atom stereocenters. The molecule has 1 aliphatic heterocycles. The lowest BCUT2D eigenvalue weighted by Crippen LogP contribution is -2.36. The highest BCUT2D eigenvalue weighted by atomic mass is 79.9. The third-order valence-corrected chi connectivity index (χ3v) is 3.70. The van der Waals surface area contributed by atoms with Crippen molar-refractivity contribution < 1.29 is 19.1 Å². The van der Waals surface area contributed by atoms with Crippen LogP contribution in [0.4, 0.5) is 5.69 Å². The Bertz CT molecular complexity index is 613. The van der Waals surface area contributed by atoms with Crippen molar-refractivity contribution >= 4 is 55.2 Å². The SMILES string of the molecule is CC(C)OC(=O)CN1C(=O)C(=O)c2cc(Br)cc(Br)c21. The van der Waals surface area contributed by atoms with Crippen LogP contribution in [0.25, 0.3) is 0 Å². The van der Waals surface area contributed by atoms with Gasteiger partial charge >= 0.3 is 5.97 Å². The van der Waals surface area contributed by atoms with Crippen LogP contribution in [-0.4, -0.2) is 30.3 Å². The van der Waals surface area contributed by atoms with Crippen molar-refractivity contribution in [3.8, 4) is 0 Å². The van der Waals surface area contributed by atoms with Crippen molar-refractivity contribution in [2.75, 3.05) is 11.4 Å². The van der Waals surface area contributed by atoms with E-state index >= 15 is 0 Å². The summed E-state index contributed by atoms with van der Waals surface area (Å²) in [5.74, 6) is -1.90. The average Bonchev–Trinajstić information content (AvgIpc) is 2.53. The first kappa shape index (κ1) is 15.2. The van der Waals surface area contributed by atoms with Crippen LogP contribution in [0.1, 0.15) is 24.2 Å². The van der Waals surface area contributed by atoms with Gasteiger partial charge in [0.15, 0.2) is 0 Å². The Morgan fingerprint density at radius 2 is 1.95 bits per heavy atom. The molecule has 2 rings (SSSR count). The highest BCUT2D eigenvalue weighted by molar-refractivity contribution is 9.11. The van der Waals surface area contributed by atoms with Gasteiger partial charge in [-0.3, -0.25) is 19.3 Å². The minimum atomic E-state index is -0.723. The molecule has 0 saturated carbocycles. The summed E-state index contributed by atoms with van der Waals surface area (Å²) in [6.07, 6.45) is -0.274. The van der Waals surface area contributed by atoms with Gasteiger partial charge in [0, 0.05) is 8.95 Å². The van der Waals surface area contributed by atoms with Gasteiger partial charge in [0.25, 0.3) is 11.7 Å². The van der Waals surface area contributed by atoms with E-state index < -0.39 is 17.7 Å². The first-order valence-corrected chi connectivity index (χ1v) is 7.44. The molecule has 7 heteroatoms. The maximum absolute atomic E-state index is 12.0. The minimum absolute atomic E-state index is 0.272. The van der Waals surface area contributed by atoms with Crippen molar-refractivity contribution in [2.24, 2.45) is 0 Å². The zero-order valence-corrected chi connectivity index (χ0v) is 13.9. The summed E-state index contributed by atoms with van der Waals surface area (Å²) in [5, 5.41) is 0. The van der Waals surface area contributed by atoms with E-state index in [-0.39, 0.29) is 18.2 Å². The van der Waals surface area contributed by atoms with E-state index in [2.05, 4.69) is 31.9 Å². The van der Waals surface area contributed by atoms with Crippen LogP contribution in [0, 0.1) is 0 Å². The van der Waals surface area contributed by atoms with E-state index in [0.717, 1.165) is 4.90 Å². The molecule has 0 bridgehead atoms. The van der Waals surface area contributed by atoms with Crippen molar-refractivity contribution in [1.29, 1.82) is 0 Å². The van der Waals surface area contributed by atoms with E-state index in [4.69, 9.17) is 4.74 Å². The molecule has 0 radical (unpaired) electrons. The molecule has 1 aromatic rings. The number of amides is 1. The van der Waals surface area contributed by atoms with Crippen molar-refractivity contribution in [3.63, 3.8) is 0 Å².